The summed E-state index contributed by atoms with van der Waals surface area (Å²) < 4.78 is 29.5. The lowest BCUT2D eigenvalue weighted by atomic mass is 9.98. The van der Waals surface area contributed by atoms with Crippen LogP contribution in [0.5, 0.6) is 28.7 Å². The Bertz CT molecular complexity index is 1150. The molecule has 1 unspecified atom stereocenters. The number of hydrogen-bond acceptors (Lipinski definition) is 6. The lowest BCUT2D eigenvalue weighted by Crippen LogP contribution is -2.44. The number of anilines is 1. The molecule has 1 N–H and O–H groups in total. The summed E-state index contributed by atoms with van der Waals surface area (Å²) >= 11 is 0. The van der Waals surface area contributed by atoms with Crippen molar-refractivity contribution in [3.8, 4) is 28.7 Å². The quantitative estimate of drug-likeness (QED) is 0.562. The van der Waals surface area contributed by atoms with Gasteiger partial charge >= 0.3 is 6.03 Å². The molecule has 2 amide bonds. The van der Waals surface area contributed by atoms with E-state index in [4.69, 9.17) is 23.7 Å². The number of urea groups is 1. The summed E-state index contributed by atoms with van der Waals surface area (Å²) in [5, 5.41) is 2.99. The SMILES string of the molecule is COc1ccc(OC)c(C2c3cccn3CCN2C(=O)Nc2cc(OC)c(OC)c(OC)c2)c1. The van der Waals surface area contributed by atoms with Gasteiger partial charge in [0.05, 0.1) is 41.2 Å². The second kappa shape index (κ2) is 9.86. The summed E-state index contributed by atoms with van der Waals surface area (Å²) in [6.45, 7) is 1.18. The number of carbonyl (C=O) groups is 1. The van der Waals surface area contributed by atoms with Crippen LogP contribution >= 0.6 is 0 Å². The summed E-state index contributed by atoms with van der Waals surface area (Å²) in [7, 11) is 7.84. The fourth-order valence-corrected chi connectivity index (χ4v) is 4.33. The number of hydrogen-bond donors (Lipinski definition) is 1. The molecule has 9 heteroatoms. The van der Waals surface area contributed by atoms with Gasteiger partial charge in [0.1, 0.15) is 17.5 Å². The minimum absolute atomic E-state index is 0.267. The highest BCUT2D eigenvalue weighted by atomic mass is 16.5. The first-order chi connectivity index (χ1) is 16.5. The van der Waals surface area contributed by atoms with Gasteiger partial charge in [-0.25, -0.2) is 4.79 Å². The van der Waals surface area contributed by atoms with E-state index in [9.17, 15) is 4.79 Å². The molecule has 3 aromatic rings. The number of fused-ring (bicyclic) bond motifs is 1. The van der Waals surface area contributed by atoms with E-state index in [0.29, 0.717) is 47.5 Å². The Morgan fingerprint density at radius 3 is 2.18 bits per heavy atom. The zero-order valence-corrected chi connectivity index (χ0v) is 20.0. The normalized spacial score (nSPS) is 14.7. The lowest BCUT2D eigenvalue weighted by Gasteiger charge is -2.37. The molecule has 0 bridgehead atoms. The van der Waals surface area contributed by atoms with Gasteiger partial charge in [-0.2, -0.15) is 0 Å². The highest BCUT2D eigenvalue weighted by Gasteiger charge is 2.34. The van der Waals surface area contributed by atoms with Gasteiger partial charge < -0.3 is 38.5 Å². The zero-order valence-electron chi connectivity index (χ0n) is 20.0. The number of amides is 2. The summed E-state index contributed by atoms with van der Waals surface area (Å²) in [6.07, 6.45) is 2.02. The molecule has 1 aromatic heterocycles. The van der Waals surface area contributed by atoms with E-state index in [1.54, 1.807) is 31.3 Å². The first-order valence-corrected chi connectivity index (χ1v) is 10.8. The van der Waals surface area contributed by atoms with E-state index in [0.717, 1.165) is 11.3 Å². The highest BCUT2D eigenvalue weighted by Crippen LogP contribution is 2.42. The maximum Gasteiger partial charge on any atom is 0.322 e. The molecule has 0 radical (unpaired) electrons. The molecular weight excluding hydrogens is 438 g/mol. The molecule has 0 saturated heterocycles. The van der Waals surface area contributed by atoms with Gasteiger partial charge in [-0.1, -0.05) is 0 Å². The minimum Gasteiger partial charge on any atom is -0.497 e. The van der Waals surface area contributed by atoms with Gasteiger partial charge in [-0.3, -0.25) is 0 Å². The average molecular weight is 468 g/mol. The van der Waals surface area contributed by atoms with Gasteiger partial charge in [0.15, 0.2) is 11.5 Å². The van der Waals surface area contributed by atoms with Crippen molar-refractivity contribution in [2.45, 2.75) is 12.6 Å². The Hall–Kier alpha value is -4.01. The first kappa shape index (κ1) is 23.2. The van der Waals surface area contributed by atoms with E-state index in [1.807, 2.05) is 36.5 Å². The van der Waals surface area contributed by atoms with Crippen LogP contribution in [0.15, 0.2) is 48.7 Å². The molecule has 0 spiro atoms. The number of carbonyl (C=O) groups excluding carboxylic acids is 1. The van der Waals surface area contributed by atoms with E-state index < -0.39 is 0 Å². The first-order valence-electron chi connectivity index (χ1n) is 10.8. The van der Waals surface area contributed by atoms with Crippen molar-refractivity contribution in [1.29, 1.82) is 0 Å². The second-order valence-corrected chi connectivity index (χ2v) is 7.67. The minimum atomic E-state index is -0.379. The topological polar surface area (TPSA) is 83.4 Å². The molecule has 0 saturated carbocycles. The smallest absolute Gasteiger partial charge is 0.322 e. The maximum atomic E-state index is 13.6. The van der Waals surface area contributed by atoms with Gasteiger partial charge in [0.2, 0.25) is 5.75 Å². The van der Waals surface area contributed by atoms with Gasteiger partial charge in [0.25, 0.3) is 0 Å². The lowest BCUT2D eigenvalue weighted by molar-refractivity contribution is 0.180. The molecule has 0 fully saturated rings. The van der Waals surface area contributed by atoms with E-state index in [1.165, 1.54) is 21.3 Å². The molecule has 180 valence electrons. The van der Waals surface area contributed by atoms with Crippen molar-refractivity contribution < 1.29 is 28.5 Å². The van der Waals surface area contributed by atoms with Crippen molar-refractivity contribution in [3.63, 3.8) is 0 Å². The van der Waals surface area contributed by atoms with E-state index in [-0.39, 0.29) is 12.1 Å². The van der Waals surface area contributed by atoms with Crippen LogP contribution in [-0.4, -0.2) is 57.6 Å². The summed E-state index contributed by atoms with van der Waals surface area (Å²) in [5.74, 6) is 2.72. The molecular formula is C25H29N3O6. The summed E-state index contributed by atoms with van der Waals surface area (Å²) in [6, 6.07) is 12.4. The van der Waals surface area contributed by atoms with Crippen LogP contribution in [0.4, 0.5) is 10.5 Å². The van der Waals surface area contributed by atoms with Crippen LogP contribution in [0.3, 0.4) is 0 Å². The Morgan fingerprint density at radius 1 is 0.853 bits per heavy atom. The maximum absolute atomic E-state index is 13.6. The van der Waals surface area contributed by atoms with E-state index in [2.05, 4.69) is 9.88 Å². The Kier molecular flexibility index (Phi) is 6.72. The van der Waals surface area contributed by atoms with Crippen molar-refractivity contribution >= 4 is 11.7 Å². The molecule has 1 aliphatic rings. The standard InChI is InChI=1S/C25H29N3O6/c1-30-17-8-9-20(31-2)18(15-17)23-19-7-6-10-27(19)11-12-28(23)25(29)26-16-13-21(32-3)24(34-5)22(14-16)33-4/h6-10,13-15,23H,11-12H2,1-5H3,(H,26,29). The average Bonchev–Trinajstić information content (AvgIpc) is 3.36. The van der Waals surface area contributed by atoms with Crippen molar-refractivity contribution in [3.05, 3.63) is 59.9 Å². The summed E-state index contributed by atoms with van der Waals surface area (Å²) in [5.41, 5.74) is 2.34. The molecule has 1 aliphatic heterocycles. The van der Waals surface area contributed by atoms with Crippen molar-refractivity contribution in [2.75, 3.05) is 47.4 Å². The third kappa shape index (κ3) is 4.16. The molecule has 34 heavy (non-hydrogen) atoms. The number of rotatable bonds is 7. The van der Waals surface area contributed by atoms with E-state index >= 15 is 0 Å². The predicted molar refractivity (Wildman–Crippen MR) is 128 cm³/mol. The van der Waals surface area contributed by atoms with Gasteiger partial charge in [-0.15, -0.1) is 0 Å². The fraction of sp³-hybridized carbons (Fsp3) is 0.320. The number of ether oxygens (including phenoxy) is 5. The summed E-state index contributed by atoms with van der Waals surface area (Å²) in [4.78, 5) is 15.4. The van der Waals surface area contributed by atoms with Crippen LogP contribution in [0.2, 0.25) is 0 Å². The monoisotopic (exact) mass is 467 g/mol. The number of nitrogens with zero attached hydrogens (tertiary/aromatic N) is 2. The van der Waals surface area contributed by atoms with Crippen LogP contribution in [0, 0.1) is 0 Å². The number of nitrogens with one attached hydrogen (secondary N) is 1. The molecule has 2 aromatic carbocycles. The third-order valence-electron chi connectivity index (χ3n) is 5.95. The van der Waals surface area contributed by atoms with Gasteiger partial charge in [-0.05, 0) is 30.3 Å². The number of methoxy groups -OCH3 is 5. The molecule has 9 nitrogen and oxygen atoms in total. The van der Waals surface area contributed by atoms with Crippen molar-refractivity contribution in [2.24, 2.45) is 0 Å². The Labute approximate surface area is 198 Å². The Morgan fingerprint density at radius 2 is 1.56 bits per heavy atom. The van der Waals surface area contributed by atoms with Crippen LogP contribution in [-0.2, 0) is 6.54 Å². The van der Waals surface area contributed by atoms with Crippen LogP contribution < -0.4 is 29.0 Å². The highest BCUT2D eigenvalue weighted by molar-refractivity contribution is 5.91. The molecule has 0 aliphatic carbocycles. The van der Waals surface area contributed by atoms with Gasteiger partial charge in [0, 0.05) is 42.7 Å². The molecule has 2 heterocycles. The second-order valence-electron chi connectivity index (χ2n) is 7.67. The zero-order chi connectivity index (χ0) is 24.2. The van der Waals surface area contributed by atoms with Crippen LogP contribution in [0.1, 0.15) is 17.3 Å². The number of benzene rings is 2. The third-order valence-corrected chi connectivity index (χ3v) is 5.95. The molecule has 1 atom stereocenters. The Balaban J connectivity index is 1.73. The molecule has 4 rings (SSSR count). The van der Waals surface area contributed by atoms with Crippen molar-refractivity contribution in [1.82, 2.24) is 9.47 Å². The van der Waals surface area contributed by atoms with Crippen LogP contribution in [0.25, 0.3) is 0 Å². The largest absolute Gasteiger partial charge is 0.497 e. The predicted octanol–water partition coefficient (Wildman–Crippen LogP) is 4.17. The number of aromatic nitrogens is 1. The fourth-order valence-electron chi connectivity index (χ4n) is 4.33.